The molecule has 2 N–H and O–H groups in total. The summed E-state index contributed by atoms with van der Waals surface area (Å²) in [6, 6.07) is 6.33. The van der Waals surface area contributed by atoms with E-state index in [1.54, 1.807) is 45.0 Å². The van der Waals surface area contributed by atoms with Gasteiger partial charge in [0.25, 0.3) is 5.91 Å². The number of amides is 4. The molecule has 0 aliphatic carbocycles. The molecule has 1 aliphatic rings. The van der Waals surface area contributed by atoms with Crippen LogP contribution in [0.15, 0.2) is 24.3 Å². The molecule has 1 saturated heterocycles. The zero-order valence-electron chi connectivity index (χ0n) is 17.3. The molecule has 29 heavy (non-hydrogen) atoms. The molecule has 2 atom stereocenters. The Bertz CT molecular complexity index is 802. The number of ether oxygens (including phenoxy) is 2. The monoisotopic (exact) mass is 405 g/mol. The Kier molecular flexibility index (Phi) is 6.84. The lowest BCUT2D eigenvalue weighted by atomic mass is 10.1. The fourth-order valence-corrected chi connectivity index (χ4v) is 2.86. The summed E-state index contributed by atoms with van der Waals surface area (Å²) >= 11 is 0. The predicted octanol–water partition coefficient (Wildman–Crippen LogP) is 1.60. The van der Waals surface area contributed by atoms with Crippen LogP contribution in [-0.4, -0.2) is 49.1 Å². The molecule has 2 rings (SSSR count). The van der Waals surface area contributed by atoms with Crippen LogP contribution in [0.5, 0.6) is 5.75 Å². The van der Waals surface area contributed by atoms with Gasteiger partial charge in [0, 0.05) is 18.5 Å². The zero-order chi connectivity index (χ0) is 21.8. The SMILES string of the molecule is COc1ccccc1N1C[C@H](C(=O)O[C@@H](C)C(=O)NC(=O)NC(C)(C)C)CC1=O. The summed E-state index contributed by atoms with van der Waals surface area (Å²) in [5.41, 5.74) is 0.0520. The Labute approximate surface area is 169 Å². The van der Waals surface area contributed by atoms with E-state index in [0.717, 1.165) is 0 Å². The van der Waals surface area contributed by atoms with Crippen molar-refractivity contribution in [1.29, 1.82) is 0 Å². The summed E-state index contributed by atoms with van der Waals surface area (Å²) < 4.78 is 10.4. The molecule has 1 aromatic carbocycles. The molecule has 9 heteroatoms. The lowest BCUT2D eigenvalue weighted by Gasteiger charge is -2.21. The predicted molar refractivity (Wildman–Crippen MR) is 105 cm³/mol. The average Bonchev–Trinajstić information content (AvgIpc) is 3.01. The van der Waals surface area contributed by atoms with E-state index in [2.05, 4.69) is 10.6 Å². The molecular formula is C20H27N3O6. The number of benzene rings is 1. The van der Waals surface area contributed by atoms with Crippen LogP contribution in [0, 0.1) is 5.92 Å². The number of nitrogens with zero attached hydrogens (tertiary/aromatic N) is 1. The summed E-state index contributed by atoms with van der Waals surface area (Å²) in [6.45, 7) is 6.80. The van der Waals surface area contributed by atoms with Gasteiger partial charge in [0.2, 0.25) is 5.91 Å². The van der Waals surface area contributed by atoms with Crippen LogP contribution < -0.4 is 20.3 Å². The van der Waals surface area contributed by atoms with Crippen molar-refractivity contribution in [2.45, 2.75) is 45.8 Å². The van der Waals surface area contributed by atoms with Crippen molar-refractivity contribution in [2.24, 2.45) is 5.92 Å². The lowest BCUT2D eigenvalue weighted by Crippen LogP contribution is -2.50. The third-order valence-corrected chi connectivity index (χ3v) is 4.22. The Morgan fingerprint density at radius 3 is 2.48 bits per heavy atom. The zero-order valence-corrected chi connectivity index (χ0v) is 17.3. The van der Waals surface area contributed by atoms with E-state index in [0.29, 0.717) is 11.4 Å². The molecule has 0 unspecified atom stereocenters. The Morgan fingerprint density at radius 2 is 1.86 bits per heavy atom. The third kappa shape index (κ3) is 5.94. The maximum absolute atomic E-state index is 12.4. The topological polar surface area (TPSA) is 114 Å². The highest BCUT2D eigenvalue weighted by molar-refractivity contribution is 6.01. The van der Waals surface area contributed by atoms with Gasteiger partial charge in [-0.15, -0.1) is 0 Å². The highest BCUT2D eigenvalue weighted by Gasteiger charge is 2.38. The van der Waals surface area contributed by atoms with Crippen LogP contribution in [0.4, 0.5) is 10.5 Å². The molecule has 1 aromatic rings. The number of anilines is 1. The maximum atomic E-state index is 12.4. The number of rotatable bonds is 5. The fourth-order valence-electron chi connectivity index (χ4n) is 2.86. The van der Waals surface area contributed by atoms with Gasteiger partial charge in [-0.25, -0.2) is 4.79 Å². The molecule has 1 fully saturated rings. The molecule has 0 bridgehead atoms. The van der Waals surface area contributed by atoms with Crippen LogP contribution in [0.3, 0.4) is 0 Å². The number of methoxy groups -OCH3 is 1. The van der Waals surface area contributed by atoms with Crippen molar-refractivity contribution < 1.29 is 28.7 Å². The van der Waals surface area contributed by atoms with Crippen molar-refractivity contribution in [3.05, 3.63) is 24.3 Å². The number of urea groups is 1. The molecule has 158 valence electrons. The molecule has 0 saturated carbocycles. The van der Waals surface area contributed by atoms with Gasteiger partial charge in [0.15, 0.2) is 6.10 Å². The van der Waals surface area contributed by atoms with Gasteiger partial charge in [-0.2, -0.15) is 0 Å². The molecule has 9 nitrogen and oxygen atoms in total. The second kappa shape index (κ2) is 8.93. The largest absolute Gasteiger partial charge is 0.495 e. The number of nitrogens with one attached hydrogen (secondary N) is 2. The van der Waals surface area contributed by atoms with Gasteiger partial charge in [-0.05, 0) is 39.8 Å². The van der Waals surface area contributed by atoms with E-state index in [-0.39, 0.29) is 18.9 Å². The van der Waals surface area contributed by atoms with Gasteiger partial charge in [-0.3, -0.25) is 19.7 Å². The summed E-state index contributed by atoms with van der Waals surface area (Å²) in [6.07, 6.45) is -1.21. The average molecular weight is 405 g/mol. The van der Waals surface area contributed by atoms with E-state index in [9.17, 15) is 19.2 Å². The number of carbonyl (C=O) groups excluding carboxylic acids is 4. The Hall–Kier alpha value is -3.10. The van der Waals surface area contributed by atoms with Gasteiger partial charge < -0.3 is 19.7 Å². The first-order chi connectivity index (χ1) is 13.5. The summed E-state index contributed by atoms with van der Waals surface area (Å²) in [5, 5.41) is 4.71. The van der Waals surface area contributed by atoms with Crippen LogP contribution in [0.2, 0.25) is 0 Å². The van der Waals surface area contributed by atoms with E-state index in [1.165, 1.54) is 18.9 Å². The first-order valence-corrected chi connectivity index (χ1v) is 9.28. The van der Waals surface area contributed by atoms with Crippen LogP contribution >= 0.6 is 0 Å². The van der Waals surface area contributed by atoms with Crippen molar-refractivity contribution in [3.63, 3.8) is 0 Å². The molecule has 0 aromatic heterocycles. The summed E-state index contributed by atoms with van der Waals surface area (Å²) in [4.78, 5) is 50.1. The van der Waals surface area contributed by atoms with Gasteiger partial charge in [-0.1, -0.05) is 12.1 Å². The first kappa shape index (κ1) is 22.2. The van der Waals surface area contributed by atoms with E-state index < -0.39 is 35.5 Å². The molecule has 4 amide bonds. The second-order valence-electron chi connectivity index (χ2n) is 7.85. The van der Waals surface area contributed by atoms with Crippen molar-refractivity contribution >= 4 is 29.5 Å². The summed E-state index contributed by atoms with van der Waals surface area (Å²) in [7, 11) is 1.50. The van der Waals surface area contributed by atoms with E-state index in [1.807, 2.05) is 0 Å². The maximum Gasteiger partial charge on any atom is 0.321 e. The van der Waals surface area contributed by atoms with Crippen molar-refractivity contribution in [1.82, 2.24) is 10.6 Å². The minimum Gasteiger partial charge on any atom is -0.495 e. The molecular weight excluding hydrogens is 378 g/mol. The smallest absolute Gasteiger partial charge is 0.321 e. The van der Waals surface area contributed by atoms with Crippen molar-refractivity contribution in [2.75, 3.05) is 18.6 Å². The van der Waals surface area contributed by atoms with E-state index in [4.69, 9.17) is 9.47 Å². The molecule has 0 radical (unpaired) electrons. The quantitative estimate of drug-likeness (QED) is 0.720. The molecule has 0 spiro atoms. The van der Waals surface area contributed by atoms with Gasteiger partial charge >= 0.3 is 12.0 Å². The minimum atomic E-state index is -1.18. The Morgan fingerprint density at radius 1 is 1.21 bits per heavy atom. The van der Waals surface area contributed by atoms with Crippen molar-refractivity contribution in [3.8, 4) is 5.75 Å². The van der Waals surface area contributed by atoms with Gasteiger partial charge in [0.05, 0.1) is 18.7 Å². The van der Waals surface area contributed by atoms with Gasteiger partial charge in [0.1, 0.15) is 5.75 Å². The normalized spacial score (nSPS) is 17.5. The first-order valence-electron chi connectivity index (χ1n) is 9.28. The molecule has 1 heterocycles. The second-order valence-corrected chi connectivity index (χ2v) is 7.85. The number of hydrogen-bond donors (Lipinski definition) is 2. The summed E-state index contributed by atoms with van der Waals surface area (Å²) in [5.74, 6) is -1.85. The highest BCUT2D eigenvalue weighted by Crippen LogP contribution is 2.33. The minimum absolute atomic E-state index is 0.0320. The Balaban J connectivity index is 1.95. The number of imide groups is 1. The van der Waals surface area contributed by atoms with Crippen LogP contribution in [-0.2, 0) is 19.1 Å². The number of esters is 1. The van der Waals surface area contributed by atoms with Crippen LogP contribution in [0.1, 0.15) is 34.1 Å². The number of carbonyl (C=O) groups is 4. The lowest BCUT2D eigenvalue weighted by molar-refractivity contribution is -0.158. The third-order valence-electron chi connectivity index (χ3n) is 4.22. The number of para-hydroxylation sites is 2. The standard InChI is InChI=1S/C20H27N3O6/c1-12(17(25)21-19(27)22-20(2,3)4)29-18(26)13-10-16(24)23(11-13)14-8-6-7-9-15(14)28-5/h6-9,12-13H,10-11H2,1-5H3,(H2,21,22,25,27)/t12-,13+/m0/s1. The fraction of sp³-hybridized carbons (Fsp3) is 0.500. The van der Waals surface area contributed by atoms with Crippen LogP contribution in [0.25, 0.3) is 0 Å². The highest BCUT2D eigenvalue weighted by atomic mass is 16.5. The number of hydrogen-bond acceptors (Lipinski definition) is 6. The van der Waals surface area contributed by atoms with E-state index >= 15 is 0 Å². The molecule has 1 aliphatic heterocycles.